The highest BCUT2D eigenvalue weighted by molar-refractivity contribution is 8.12. The lowest BCUT2D eigenvalue weighted by Gasteiger charge is -2.26. The molecule has 0 saturated carbocycles. The molecule has 0 spiro atoms. The Morgan fingerprint density at radius 1 is 1.24 bits per heavy atom. The normalized spacial score (nSPS) is 13.7. The van der Waals surface area contributed by atoms with Crippen molar-refractivity contribution in [1.82, 2.24) is 15.5 Å². The molecule has 2 rings (SSSR count). The number of unbranched alkanes of at least 4 members (excludes halogenated alkanes) is 1. The van der Waals surface area contributed by atoms with Crippen LogP contribution in [0.1, 0.15) is 25.3 Å². The number of carbonyl (C=O) groups is 2. The largest absolute Gasteiger partial charge is 0.412 e. The Bertz CT molecular complexity index is 536. The molecule has 1 aromatic carbocycles. The quantitative estimate of drug-likeness (QED) is 0.733. The van der Waals surface area contributed by atoms with Gasteiger partial charge < -0.3 is 20.3 Å². The number of ether oxygens (including phenoxy) is 1. The summed E-state index contributed by atoms with van der Waals surface area (Å²) in [5.41, 5.74) is 1.03. The Labute approximate surface area is 159 Å². The number of hydrogen-bond acceptors (Lipinski definition) is 5. The molecule has 6 nitrogen and oxygen atoms in total. The highest BCUT2D eigenvalue weighted by Gasteiger charge is 2.16. The molecule has 2 amide bonds. The van der Waals surface area contributed by atoms with Crippen molar-refractivity contribution in [3.63, 3.8) is 0 Å². The third kappa shape index (κ3) is 7.98. The fourth-order valence-corrected chi connectivity index (χ4v) is 3.10. The van der Waals surface area contributed by atoms with Gasteiger partial charge in [-0.3, -0.25) is 4.79 Å². The molecule has 0 aliphatic carbocycles. The summed E-state index contributed by atoms with van der Waals surface area (Å²) in [6.07, 6.45) is 1.53. The van der Waals surface area contributed by atoms with Gasteiger partial charge in [0.2, 0.25) is 0 Å². The molecular formula is C17H26ClN3O3S. The van der Waals surface area contributed by atoms with E-state index in [4.69, 9.17) is 4.74 Å². The van der Waals surface area contributed by atoms with Crippen molar-refractivity contribution in [3.05, 3.63) is 29.8 Å². The summed E-state index contributed by atoms with van der Waals surface area (Å²) in [4.78, 5) is 25.5. The monoisotopic (exact) mass is 387 g/mol. The van der Waals surface area contributed by atoms with E-state index in [1.54, 1.807) is 12.1 Å². The van der Waals surface area contributed by atoms with Crippen molar-refractivity contribution in [3.8, 4) is 5.75 Å². The second kappa shape index (κ2) is 12.0. The highest BCUT2D eigenvalue weighted by Crippen LogP contribution is 2.19. The number of carbonyl (C=O) groups excluding carboxylic acids is 2. The molecule has 2 N–H and O–H groups in total. The number of nitrogens with zero attached hydrogens (tertiary/aromatic N) is 1. The van der Waals surface area contributed by atoms with E-state index in [0.29, 0.717) is 18.0 Å². The van der Waals surface area contributed by atoms with Crippen LogP contribution < -0.4 is 15.4 Å². The van der Waals surface area contributed by atoms with E-state index in [9.17, 15) is 9.59 Å². The number of rotatable bonds is 6. The molecule has 25 heavy (non-hydrogen) atoms. The van der Waals surface area contributed by atoms with Gasteiger partial charge in [-0.15, -0.1) is 12.4 Å². The van der Waals surface area contributed by atoms with Crippen molar-refractivity contribution >= 4 is 35.5 Å². The number of thioether (sulfide) groups is 1. The topological polar surface area (TPSA) is 70.7 Å². The Kier molecular flexibility index (Phi) is 10.4. The molecule has 1 fully saturated rings. The zero-order valence-electron chi connectivity index (χ0n) is 14.5. The van der Waals surface area contributed by atoms with Gasteiger partial charge in [0.15, 0.2) is 0 Å². The van der Waals surface area contributed by atoms with Gasteiger partial charge in [0.1, 0.15) is 5.75 Å². The molecule has 0 unspecified atom stereocenters. The van der Waals surface area contributed by atoms with E-state index in [1.807, 2.05) is 17.0 Å². The van der Waals surface area contributed by atoms with Crippen LogP contribution in [-0.2, 0) is 5.75 Å². The van der Waals surface area contributed by atoms with Crippen molar-refractivity contribution in [2.45, 2.75) is 25.5 Å². The van der Waals surface area contributed by atoms with Crippen molar-refractivity contribution in [1.29, 1.82) is 0 Å². The lowest BCUT2D eigenvalue weighted by atomic mass is 10.2. The first-order chi connectivity index (χ1) is 11.7. The summed E-state index contributed by atoms with van der Waals surface area (Å²) in [7, 11) is 0. The number of hydrogen-bond donors (Lipinski definition) is 2. The summed E-state index contributed by atoms with van der Waals surface area (Å²) in [6, 6.07) is 7.27. The molecule has 140 valence electrons. The van der Waals surface area contributed by atoms with Crippen LogP contribution in [0.2, 0.25) is 0 Å². The van der Waals surface area contributed by atoms with E-state index in [0.717, 1.165) is 44.6 Å². The molecule has 1 aliphatic rings. The molecular weight excluding hydrogens is 362 g/mol. The molecule has 0 aromatic heterocycles. The average molecular weight is 388 g/mol. The molecule has 0 radical (unpaired) electrons. The number of nitrogens with one attached hydrogen (secondary N) is 2. The maximum atomic E-state index is 12.1. The summed E-state index contributed by atoms with van der Waals surface area (Å²) in [6.45, 7) is 5.95. The Morgan fingerprint density at radius 2 is 1.92 bits per heavy atom. The molecule has 8 heteroatoms. The van der Waals surface area contributed by atoms with Crippen LogP contribution in [-0.4, -0.2) is 49.0 Å². The van der Waals surface area contributed by atoms with Gasteiger partial charge >= 0.3 is 6.09 Å². The lowest BCUT2D eigenvalue weighted by Crippen LogP contribution is -2.45. The van der Waals surface area contributed by atoms with Crippen molar-refractivity contribution in [2.24, 2.45) is 0 Å². The van der Waals surface area contributed by atoms with E-state index < -0.39 is 6.09 Å². The van der Waals surface area contributed by atoms with Crippen LogP contribution in [0.5, 0.6) is 5.75 Å². The molecule has 1 heterocycles. The van der Waals surface area contributed by atoms with Gasteiger partial charge in [-0.2, -0.15) is 0 Å². The molecule has 0 bridgehead atoms. The maximum Gasteiger partial charge on any atom is 0.412 e. The second-order valence-corrected chi connectivity index (χ2v) is 6.53. The van der Waals surface area contributed by atoms with Crippen molar-refractivity contribution in [2.75, 3.05) is 32.7 Å². The minimum atomic E-state index is -0.431. The second-order valence-electron chi connectivity index (χ2n) is 5.61. The zero-order chi connectivity index (χ0) is 17.2. The lowest BCUT2D eigenvalue weighted by molar-refractivity contribution is 0.200. The fourth-order valence-electron chi connectivity index (χ4n) is 2.25. The first-order valence-corrected chi connectivity index (χ1v) is 9.34. The standard InChI is InChI=1S/C17H25N3O3S.ClH/c1-2-3-8-19-16(21)23-15-6-4-14(5-7-15)13-24-17(22)20-11-9-18-10-12-20;/h4-7,18H,2-3,8-13H2,1H3,(H,19,21);1H. The Morgan fingerprint density at radius 3 is 2.56 bits per heavy atom. The van der Waals surface area contributed by atoms with E-state index in [1.165, 1.54) is 11.8 Å². The Balaban J connectivity index is 0.00000312. The third-order valence-corrected chi connectivity index (χ3v) is 4.65. The van der Waals surface area contributed by atoms with Crippen molar-refractivity contribution < 1.29 is 14.3 Å². The van der Waals surface area contributed by atoms with Crippen LogP contribution in [0.15, 0.2) is 24.3 Å². The zero-order valence-corrected chi connectivity index (χ0v) is 16.1. The predicted molar refractivity (Wildman–Crippen MR) is 104 cm³/mol. The minimum absolute atomic E-state index is 0. The third-order valence-electron chi connectivity index (χ3n) is 3.67. The summed E-state index contributed by atoms with van der Waals surface area (Å²) in [5, 5.41) is 6.05. The first-order valence-electron chi connectivity index (χ1n) is 8.36. The van der Waals surface area contributed by atoms with Gasteiger partial charge in [0.05, 0.1) is 0 Å². The molecule has 0 atom stereocenters. The van der Waals surface area contributed by atoms with Crippen LogP contribution in [0.25, 0.3) is 0 Å². The van der Waals surface area contributed by atoms with Crippen LogP contribution in [0.3, 0.4) is 0 Å². The van der Waals surface area contributed by atoms with E-state index in [2.05, 4.69) is 17.6 Å². The Hall–Kier alpha value is -1.44. The molecule has 1 aliphatic heterocycles. The van der Waals surface area contributed by atoms with Crippen LogP contribution in [0, 0.1) is 0 Å². The van der Waals surface area contributed by atoms with E-state index >= 15 is 0 Å². The van der Waals surface area contributed by atoms with Gasteiger partial charge in [-0.05, 0) is 24.1 Å². The van der Waals surface area contributed by atoms with Gasteiger partial charge in [0.25, 0.3) is 5.24 Å². The number of halogens is 1. The van der Waals surface area contributed by atoms with Crippen LogP contribution in [0.4, 0.5) is 9.59 Å². The molecule has 1 saturated heterocycles. The molecule has 1 aromatic rings. The predicted octanol–water partition coefficient (Wildman–Crippen LogP) is 3.26. The fraction of sp³-hybridized carbons (Fsp3) is 0.529. The van der Waals surface area contributed by atoms with Gasteiger partial charge in [0, 0.05) is 38.5 Å². The average Bonchev–Trinajstić information content (AvgIpc) is 2.62. The SMILES string of the molecule is CCCCNC(=O)Oc1ccc(CSC(=O)N2CCNCC2)cc1.Cl. The smallest absolute Gasteiger partial charge is 0.410 e. The first kappa shape index (κ1) is 21.6. The van der Waals surface area contributed by atoms with Gasteiger partial charge in [-0.1, -0.05) is 37.2 Å². The number of amides is 2. The number of piperazine rings is 1. The maximum absolute atomic E-state index is 12.1. The number of benzene rings is 1. The highest BCUT2D eigenvalue weighted by atomic mass is 35.5. The van der Waals surface area contributed by atoms with Crippen LogP contribution >= 0.6 is 24.2 Å². The summed E-state index contributed by atoms with van der Waals surface area (Å²) >= 11 is 1.31. The van der Waals surface area contributed by atoms with Gasteiger partial charge in [-0.25, -0.2) is 4.79 Å². The van der Waals surface area contributed by atoms with E-state index in [-0.39, 0.29) is 17.6 Å². The summed E-state index contributed by atoms with van der Waals surface area (Å²) in [5.74, 6) is 1.12. The minimum Gasteiger partial charge on any atom is -0.410 e. The summed E-state index contributed by atoms with van der Waals surface area (Å²) < 4.78 is 5.20.